The summed E-state index contributed by atoms with van der Waals surface area (Å²) >= 11 is 0. The van der Waals surface area contributed by atoms with Crippen LogP contribution in [0.2, 0.25) is 0 Å². The molecule has 0 aromatic rings. The minimum atomic E-state index is -0.677. The number of aliphatic hydroxyl groups excluding tert-OH is 1. The van der Waals surface area contributed by atoms with E-state index in [4.69, 9.17) is 4.74 Å². The fourth-order valence-corrected chi connectivity index (χ4v) is 1.54. The second-order valence-corrected chi connectivity index (χ2v) is 3.34. The first-order valence-electron chi connectivity index (χ1n) is 5.04. The summed E-state index contributed by atoms with van der Waals surface area (Å²) in [5, 5.41) is 12.0. The van der Waals surface area contributed by atoms with Crippen molar-refractivity contribution in [2.75, 3.05) is 6.61 Å². The van der Waals surface area contributed by atoms with Crippen molar-refractivity contribution in [2.45, 2.75) is 13.1 Å². The van der Waals surface area contributed by atoms with Crippen LogP contribution in [0.5, 0.6) is 0 Å². The molecule has 1 unspecified atom stereocenters. The van der Waals surface area contributed by atoms with Crippen molar-refractivity contribution in [1.82, 2.24) is 10.2 Å². The van der Waals surface area contributed by atoms with Gasteiger partial charge in [0.2, 0.25) is 0 Å². The highest BCUT2D eigenvalue weighted by molar-refractivity contribution is 6.21. The molecule has 2 aliphatic rings. The van der Waals surface area contributed by atoms with Gasteiger partial charge in [-0.05, 0) is 6.92 Å². The summed E-state index contributed by atoms with van der Waals surface area (Å²) in [6.45, 7) is 1.80. The molecule has 1 fully saturated rings. The lowest BCUT2D eigenvalue weighted by Gasteiger charge is -2.33. The molecule has 17 heavy (non-hydrogen) atoms. The summed E-state index contributed by atoms with van der Waals surface area (Å²) in [5.74, 6) is -1.96. The molecule has 2 heterocycles. The normalized spacial score (nSPS) is 25.5. The van der Waals surface area contributed by atoms with E-state index in [1.165, 1.54) is 23.5 Å². The van der Waals surface area contributed by atoms with Crippen molar-refractivity contribution in [1.29, 1.82) is 0 Å². The van der Waals surface area contributed by atoms with Crippen LogP contribution in [-0.2, 0) is 14.3 Å². The SMILES string of the molecule is CCO/C(O)=C1\C(=O)NC2C=NC=CN2C1=O. The molecule has 2 amide bonds. The number of carbonyl (C=O) groups is 2. The number of nitrogens with one attached hydrogen (secondary N) is 1. The Morgan fingerprint density at radius 3 is 3.12 bits per heavy atom. The van der Waals surface area contributed by atoms with Gasteiger partial charge in [-0.3, -0.25) is 19.5 Å². The zero-order chi connectivity index (χ0) is 12.4. The summed E-state index contributed by atoms with van der Waals surface area (Å²) in [6.07, 6.45) is 3.65. The Balaban J connectivity index is 2.34. The maximum absolute atomic E-state index is 11.9. The van der Waals surface area contributed by atoms with Crippen LogP contribution in [0.15, 0.2) is 28.9 Å². The third kappa shape index (κ3) is 1.86. The number of hydrogen-bond acceptors (Lipinski definition) is 5. The van der Waals surface area contributed by atoms with E-state index < -0.39 is 29.5 Å². The smallest absolute Gasteiger partial charge is 0.295 e. The lowest BCUT2D eigenvalue weighted by atomic mass is 10.1. The molecule has 2 N–H and O–H groups in total. The fourth-order valence-electron chi connectivity index (χ4n) is 1.54. The van der Waals surface area contributed by atoms with Crippen LogP contribution in [0.25, 0.3) is 0 Å². The molecule has 1 atom stereocenters. The number of hydrogen-bond donors (Lipinski definition) is 2. The molecule has 7 heteroatoms. The first-order chi connectivity index (χ1) is 8.15. The average Bonchev–Trinajstić information content (AvgIpc) is 2.29. The lowest BCUT2D eigenvalue weighted by Crippen LogP contribution is -2.57. The van der Waals surface area contributed by atoms with E-state index in [1.807, 2.05) is 0 Å². The van der Waals surface area contributed by atoms with Gasteiger partial charge in [-0.15, -0.1) is 0 Å². The summed E-state index contributed by atoms with van der Waals surface area (Å²) in [7, 11) is 0. The van der Waals surface area contributed by atoms with Crippen molar-refractivity contribution in [3.63, 3.8) is 0 Å². The second-order valence-electron chi connectivity index (χ2n) is 3.34. The number of rotatable bonds is 2. The Labute approximate surface area is 97.1 Å². The molecule has 0 aromatic carbocycles. The van der Waals surface area contributed by atoms with Crippen LogP contribution < -0.4 is 5.32 Å². The van der Waals surface area contributed by atoms with Gasteiger partial charge < -0.3 is 15.2 Å². The zero-order valence-corrected chi connectivity index (χ0v) is 9.08. The van der Waals surface area contributed by atoms with Crippen LogP contribution in [0.1, 0.15) is 6.92 Å². The first kappa shape index (κ1) is 11.2. The number of nitrogens with zero attached hydrogens (tertiary/aromatic N) is 2. The maximum Gasteiger partial charge on any atom is 0.295 e. The van der Waals surface area contributed by atoms with Crippen molar-refractivity contribution >= 4 is 18.0 Å². The van der Waals surface area contributed by atoms with Crippen LogP contribution in [0, 0.1) is 0 Å². The highest BCUT2D eigenvalue weighted by Crippen LogP contribution is 2.17. The van der Waals surface area contributed by atoms with Crippen molar-refractivity contribution in [2.24, 2.45) is 4.99 Å². The third-order valence-electron chi connectivity index (χ3n) is 2.29. The van der Waals surface area contributed by atoms with Gasteiger partial charge in [0.1, 0.15) is 6.17 Å². The predicted octanol–water partition coefficient (Wildman–Crippen LogP) is -0.367. The van der Waals surface area contributed by atoms with Gasteiger partial charge in [-0.25, -0.2) is 0 Å². The number of aliphatic hydroxyl groups is 1. The minimum absolute atomic E-state index is 0.163. The monoisotopic (exact) mass is 237 g/mol. The highest BCUT2D eigenvalue weighted by atomic mass is 16.6. The van der Waals surface area contributed by atoms with E-state index in [2.05, 4.69) is 10.3 Å². The summed E-state index contributed by atoms with van der Waals surface area (Å²) < 4.78 is 4.77. The molecule has 1 saturated heterocycles. The molecule has 0 spiro atoms. The Morgan fingerprint density at radius 1 is 1.65 bits per heavy atom. The molecule has 2 rings (SSSR count). The Hall–Kier alpha value is -2.31. The van der Waals surface area contributed by atoms with Crippen molar-refractivity contribution in [3.05, 3.63) is 23.9 Å². The standard InChI is InChI=1S/C10H11N3O4/c1-2-17-10(16)7-8(14)12-6-5-11-3-4-13(6)9(7)15/h3-6,16H,2H2,1H3,(H,12,14)/b10-7+. The largest absolute Gasteiger partial charge is 0.480 e. The molecule has 90 valence electrons. The minimum Gasteiger partial charge on any atom is -0.480 e. The number of ether oxygens (including phenoxy) is 1. The molecule has 0 bridgehead atoms. The van der Waals surface area contributed by atoms with Crippen molar-refractivity contribution < 1.29 is 19.4 Å². The lowest BCUT2D eigenvalue weighted by molar-refractivity contribution is -0.135. The third-order valence-corrected chi connectivity index (χ3v) is 2.29. The Kier molecular flexibility index (Phi) is 2.82. The summed E-state index contributed by atoms with van der Waals surface area (Å²) in [5.41, 5.74) is -0.400. The Morgan fingerprint density at radius 2 is 2.41 bits per heavy atom. The van der Waals surface area contributed by atoms with E-state index >= 15 is 0 Å². The number of aliphatic imine (C=N–C) groups is 1. The predicted molar refractivity (Wildman–Crippen MR) is 57.7 cm³/mol. The zero-order valence-electron chi connectivity index (χ0n) is 9.08. The van der Waals surface area contributed by atoms with Gasteiger partial charge in [0, 0.05) is 18.6 Å². The molecule has 0 aliphatic carbocycles. The van der Waals surface area contributed by atoms with Crippen LogP contribution in [-0.4, -0.2) is 40.8 Å². The van der Waals surface area contributed by atoms with Gasteiger partial charge >= 0.3 is 0 Å². The quantitative estimate of drug-likeness (QED) is 0.389. The molecule has 0 saturated carbocycles. The van der Waals surface area contributed by atoms with E-state index in [-0.39, 0.29) is 6.61 Å². The van der Waals surface area contributed by atoms with Gasteiger partial charge in [-0.1, -0.05) is 0 Å². The second kappa shape index (κ2) is 4.28. The van der Waals surface area contributed by atoms with Crippen molar-refractivity contribution in [3.8, 4) is 0 Å². The number of carbonyl (C=O) groups excluding carboxylic acids is 2. The number of amides is 2. The topological polar surface area (TPSA) is 91.2 Å². The average molecular weight is 237 g/mol. The van der Waals surface area contributed by atoms with Gasteiger partial charge in [0.25, 0.3) is 17.8 Å². The Bertz CT molecular complexity index is 452. The molecular formula is C10H11N3O4. The van der Waals surface area contributed by atoms with Gasteiger partial charge in [0.15, 0.2) is 5.57 Å². The summed E-state index contributed by atoms with van der Waals surface area (Å²) in [4.78, 5) is 28.6. The van der Waals surface area contributed by atoms with E-state index in [9.17, 15) is 14.7 Å². The van der Waals surface area contributed by atoms with E-state index in [0.29, 0.717) is 0 Å². The molecular weight excluding hydrogens is 226 g/mol. The van der Waals surface area contributed by atoms with E-state index in [1.54, 1.807) is 6.92 Å². The van der Waals surface area contributed by atoms with Crippen LogP contribution in [0.3, 0.4) is 0 Å². The number of fused-ring (bicyclic) bond motifs is 1. The molecule has 7 nitrogen and oxygen atoms in total. The highest BCUT2D eigenvalue weighted by Gasteiger charge is 2.38. The fraction of sp³-hybridized carbons (Fsp3) is 0.300. The molecule has 0 radical (unpaired) electrons. The van der Waals surface area contributed by atoms with Crippen LogP contribution in [0.4, 0.5) is 0 Å². The van der Waals surface area contributed by atoms with Crippen LogP contribution >= 0.6 is 0 Å². The maximum atomic E-state index is 11.9. The first-order valence-corrected chi connectivity index (χ1v) is 5.04. The van der Waals surface area contributed by atoms with E-state index in [0.717, 1.165) is 0 Å². The molecule has 2 aliphatic heterocycles. The molecule has 0 aromatic heterocycles. The van der Waals surface area contributed by atoms with Gasteiger partial charge in [-0.2, -0.15) is 0 Å². The van der Waals surface area contributed by atoms with Gasteiger partial charge in [0.05, 0.1) is 6.61 Å². The summed E-state index contributed by atoms with van der Waals surface area (Å²) in [6, 6.07) is 0.